The van der Waals surface area contributed by atoms with Crippen LogP contribution in [0.1, 0.15) is 20.8 Å². The molecule has 0 amide bonds. The molecule has 1 atom stereocenters. The highest BCUT2D eigenvalue weighted by molar-refractivity contribution is 6.30. The Morgan fingerprint density at radius 2 is 1.88 bits per heavy atom. The Morgan fingerprint density at radius 3 is 2.36 bits per heavy atom. The molecule has 0 aliphatic carbocycles. The summed E-state index contributed by atoms with van der Waals surface area (Å²) >= 11 is 11.8. The van der Waals surface area contributed by atoms with Gasteiger partial charge >= 0.3 is 11.9 Å². The van der Waals surface area contributed by atoms with Gasteiger partial charge in [-0.25, -0.2) is 4.98 Å². The van der Waals surface area contributed by atoms with Crippen LogP contribution in [0.5, 0.6) is 5.75 Å². The molecular formula is C16H17Cl2N3O4. The van der Waals surface area contributed by atoms with E-state index < -0.39 is 23.1 Å². The summed E-state index contributed by atoms with van der Waals surface area (Å²) < 4.78 is 12.2. The average molecular weight is 386 g/mol. The molecular weight excluding hydrogens is 369 g/mol. The van der Waals surface area contributed by atoms with Gasteiger partial charge in [0.05, 0.1) is 0 Å². The summed E-state index contributed by atoms with van der Waals surface area (Å²) in [6.45, 7) is 4.39. The van der Waals surface area contributed by atoms with Crippen LogP contribution in [0.15, 0.2) is 36.9 Å². The molecule has 7 nitrogen and oxygen atoms in total. The first-order valence-electron chi connectivity index (χ1n) is 7.31. The third kappa shape index (κ3) is 4.11. The zero-order chi connectivity index (χ0) is 18.7. The molecule has 1 heterocycles. The minimum Gasteiger partial charge on any atom is -0.428 e. The Balaban J connectivity index is 2.60. The van der Waals surface area contributed by atoms with Gasteiger partial charge in [0.1, 0.15) is 18.4 Å². The molecule has 25 heavy (non-hydrogen) atoms. The highest BCUT2D eigenvalue weighted by Gasteiger charge is 2.54. The lowest BCUT2D eigenvalue weighted by molar-refractivity contribution is -0.238. The average Bonchev–Trinajstić information content (AvgIpc) is 3.10. The summed E-state index contributed by atoms with van der Waals surface area (Å²) in [5, 5.41) is 4.42. The van der Waals surface area contributed by atoms with Crippen LogP contribution in [0.4, 0.5) is 0 Å². The third-order valence-corrected chi connectivity index (χ3v) is 4.23. The molecule has 1 aromatic heterocycles. The zero-order valence-corrected chi connectivity index (χ0v) is 15.4. The van der Waals surface area contributed by atoms with E-state index in [-0.39, 0.29) is 11.6 Å². The lowest BCUT2D eigenvalue weighted by Crippen LogP contribution is -2.56. The quantitative estimate of drug-likeness (QED) is 0.413. The second kappa shape index (κ2) is 7.41. The highest BCUT2D eigenvalue weighted by Crippen LogP contribution is 2.34. The number of rotatable bonds is 7. The van der Waals surface area contributed by atoms with Crippen LogP contribution in [0, 0.1) is 5.41 Å². The molecule has 0 N–H and O–H groups in total. The number of hydrogen-bond donors (Lipinski definition) is 0. The van der Waals surface area contributed by atoms with Crippen LogP contribution in [0.3, 0.4) is 0 Å². The van der Waals surface area contributed by atoms with E-state index in [9.17, 15) is 9.59 Å². The van der Waals surface area contributed by atoms with E-state index in [2.05, 4.69) is 10.1 Å². The van der Waals surface area contributed by atoms with Gasteiger partial charge in [0.15, 0.2) is 0 Å². The van der Waals surface area contributed by atoms with Crippen molar-refractivity contribution in [1.29, 1.82) is 0 Å². The number of aromatic nitrogens is 3. The van der Waals surface area contributed by atoms with Crippen LogP contribution < -0.4 is 4.74 Å². The number of alkyl halides is 1. The van der Waals surface area contributed by atoms with Crippen LogP contribution in [0.2, 0.25) is 5.02 Å². The number of halogens is 2. The fourth-order valence-corrected chi connectivity index (χ4v) is 2.26. The number of benzene rings is 1. The Hall–Kier alpha value is -2.12. The largest absolute Gasteiger partial charge is 0.428 e. The van der Waals surface area contributed by atoms with Gasteiger partial charge in [-0.2, -0.15) is 9.78 Å². The third-order valence-electron chi connectivity index (χ3n) is 3.31. The van der Waals surface area contributed by atoms with E-state index in [4.69, 9.17) is 32.7 Å². The predicted molar refractivity (Wildman–Crippen MR) is 91.4 cm³/mol. The van der Waals surface area contributed by atoms with Crippen molar-refractivity contribution in [2.75, 3.05) is 5.88 Å². The minimum atomic E-state index is -2.19. The molecule has 1 aromatic carbocycles. The van der Waals surface area contributed by atoms with Gasteiger partial charge in [-0.3, -0.25) is 9.59 Å². The number of hydrogen-bond acceptors (Lipinski definition) is 6. The normalized spacial score (nSPS) is 13.8. The zero-order valence-electron chi connectivity index (χ0n) is 13.9. The van der Waals surface area contributed by atoms with Gasteiger partial charge in [0.2, 0.25) is 5.78 Å². The van der Waals surface area contributed by atoms with Crippen LogP contribution in [0.25, 0.3) is 0 Å². The predicted octanol–water partition coefficient (Wildman–Crippen LogP) is 3.02. The fourth-order valence-electron chi connectivity index (χ4n) is 2.02. The van der Waals surface area contributed by atoms with Crippen molar-refractivity contribution < 1.29 is 19.1 Å². The van der Waals surface area contributed by atoms with E-state index >= 15 is 0 Å². The van der Waals surface area contributed by atoms with E-state index in [0.29, 0.717) is 5.02 Å². The Labute approximate surface area is 154 Å². The maximum atomic E-state index is 13.2. The smallest absolute Gasteiger partial charge is 0.425 e. The first-order chi connectivity index (χ1) is 11.7. The number of nitrogens with zero attached hydrogens (tertiary/aromatic N) is 3. The summed E-state index contributed by atoms with van der Waals surface area (Å²) in [4.78, 5) is 28.8. The molecule has 1 unspecified atom stereocenters. The van der Waals surface area contributed by atoms with E-state index in [1.54, 1.807) is 38.1 Å². The molecule has 0 saturated carbocycles. The second-order valence-corrected chi connectivity index (χ2v) is 6.62. The van der Waals surface area contributed by atoms with Gasteiger partial charge in [-0.05, 0) is 24.3 Å². The number of ketones is 1. The molecule has 0 saturated heterocycles. The van der Waals surface area contributed by atoms with E-state index in [1.165, 1.54) is 12.7 Å². The number of esters is 1. The van der Waals surface area contributed by atoms with Crippen molar-refractivity contribution in [3.63, 3.8) is 0 Å². The van der Waals surface area contributed by atoms with Crippen molar-refractivity contribution in [2.24, 2.45) is 5.41 Å². The summed E-state index contributed by atoms with van der Waals surface area (Å²) in [5.41, 5.74) is -1.07. The highest BCUT2D eigenvalue weighted by atomic mass is 35.5. The van der Waals surface area contributed by atoms with Gasteiger partial charge in [-0.1, -0.05) is 25.4 Å². The lowest BCUT2D eigenvalue weighted by atomic mass is 9.88. The number of carbonyl (C=O) groups excluding carboxylic acids is 2. The molecule has 2 rings (SSSR count). The molecule has 134 valence electrons. The topological polar surface area (TPSA) is 83.3 Å². The number of carbonyl (C=O) groups is 2. The molecule has 2 aromatic rings. The van der Waals surface area contributed by atoms with Crippen molar-refractivity contribution >= 4 is 35.0 Å². The first kappa shape index (κ1) is 19.2. The Kier molecular flexibility index (Phi) is 5.69. The monoisotopic (exact) mass is 385 g/mol. The molecule has 0 aliphatic heterocycles. The van der Waals surface area contributed by atoms with E-state index in [1.807, 2.05) is 0 Å². The Morgan fingerprint density at radius 1 is 1.24 bits per heavy atom. The summed E-state index contributed by atoms with van der Waals surface area (Å²) in [6, 6.07) is 6.23. The SMILES string of the molecule is CC(=O)OC(Oc1ccc(Cl)cc1)(C(=O)C(C)(C)CCl)n1cncn1. The fraction of sp³-hybridized carbons (Fsp3) is 0.375. The maximum absolute atomic E-state index is 13.2. The minimum absolute atomic E-state index is 0.0203. The van der Waals surface area contributed by atoms with Crippen LogP contribution in [-0.2, 0) is 20.2 Å². The van der Waals surface area contributed by atoms with Gasteiger partial charge in [0, 0.05) is 23.2 Å². The lowest BCUT2D eigenvalue weighted by Gasteiger charge is -2.35. The van der Waals surface area contributed by atoms with Crippen molar-refractivity contribution in [3.8, 4) is 5.75 Å². The molecule has 9 heteroatoms. The van der Waals surface area contributed by atoms with Gasteiger partial charge in [0.25, 0.3) is 0 Å². The van der Waals surface area contributed by atoms with E-state index in [0.717, 1.165) is 11.6 Å². The molecule has 0 spiro atoms. The van der Waals surface area contributed by atoms with Crippen LogP contribution >= 0.6 is 23.2 Å². The molecule has 0 radical (unpaired) electrons. The maximum Gasteiger partial charge on any atom is 0.425 e. The summed E-state index contributed by atoms with van der Waals surface area (Å²) in [5.74, 6) is -3.28. The van der Waals surface area contributed by atoms with Crippen LogP contribution in [-0.4, -0.2) is 32.4 Å². The molecule has 0 fully saturated rings. The molecule has 0 bridgehead atoms. The van der Waals surface area contributed by atoms with Gasteiger partial charge < -0.3 is 9.47 Å². The standard InChI is InChI=1S/C16H17Cl2N3O4/c1-11(22)24-16(21-10-19-9-20-21,14(23)15(2,3)8-17)25-13-6-4-12(18)5-7-13/h4-7,9-10H,8H2,1-3H3. The Bertz CT molecular complexity index is 747. The molecule has 0 aliphatic rings. The van der Waals surface area contributed by atoms with Crippen molar-refractivity contribution in [1.82, 2.24) is 14.8 Å². The van der Waals surface area contributed by atoms with Crippen molar-refractivity contribution in [2.45, 2.75) is 26.7 Å². The number of ether oxygens (including phenoxy) is 2. The number of Topliss-reactive ketones (excluding diaryl/α,β-unsaturated/α-hetero) is 1. The first-order valence-corrected chi connectivity index (χ1v) is 8.22. The summed E-state index contributed by atoms with van der Waals surface area (Å²) in [6.07, 6.45) is 2.42. The summed E-state index contributed by atoms with van der Waals surface area (Å²) in [7, 11) is 0. The second-order valence-electron chi connectivity index (χ2n) is 5.92. The van der Waals surface area contributed by atoms with Gasteiger partial charge in [-0.15, -0.1) is 11.6 Å². The van der Waals surface area contributed by atoms with Crippen molar-refractivity contribution in [3.05, 3.63) is 41.9 Å².